The molecule has 0 N–H and O–H groups in total. The molecule has 6 rings (SSSR count). The largest absolute Gasteiger partial charge is 0.337 e. The van der Waals surface area contributed by atoms with Crippen molar-refractivity contribution in [3.05, 3.63) is 95.9 Å². The first kappa shape index (κ1) is 28.2. The van der Waals surface area contributed by atoms with Gasteiger partial charge in [-0.25, -0.2) is 0 Å². The van der Waals surface area contributed by atoms with E-state index in [-0.39, 0.29) is 0 Å². The smallest absolute Gasteiger partial charge is 0.0682 e. The molecule has 0 aromatic heterocycles. The van der Waals surface area contributed by atoms with Crippen LogP contribution in [-0.4, -0.2) is 11.7 Å². The Balaban J connectivity index is 1.64. The summed E-state index contributed by atoms with van der Waals surface area (Å²) in [6, 6.07) is 18.7. The van der Waals surface area contributed by atoms with Gasteiger partial charge in [-0.05, 0) is 66.9 Å². The first-order valence-electron chi connectivity index (χ1n) is 16.4. The van der Waals surface area contributed by atoms with Gasteiger partial charge in [0.05, 0.1) is 6.19 Å². The van der Waals surface area contributed by atoms with E-state index >= 15 is 0 Å². The van der Waals surface area contributed by atoms with Gasteiger partial charge in [0.15, 0.2) is 0 Å². The topological polar surface area (TPSA) is 3.24 Å². The van der Waals surface area contributed by atoms with Gasteiger partial charge in [-0.1, -0.05) is 149 Å². The number of anilines is 1. The number of rotatable bonds is 0. The van der Waals surface area contributed by atoms with Gasteiger partial charge in [0.1, 0.15) is 0 Å². The van der Waals surface area contributed by atoms with Crippen LogP contribution in [0.4, 0.5) is 5.69 Å². The van der Waals surface area contributed by atoms with Crippen molar-refractivity contribution in [3.63, 3.8) is 0 Å². The molecule has 2 saturated carbocycles. The molecule has 3 heteroatoms. The Morgan fingerprint density at radius 1 is 0.700 bits per heavy atom. The van der Waals surface area contributed by atoms with Crippen molar-refractivity contribution in [3.8, 4) is 0 Å². The zero-order valence-corrected chi connectivity index (χ0v) is 26.0. The molecule has 6 bridgehead atoms. The Bertz CT molecular complexity index is 1270. The molecule has 40 heavy (non-hydrogen) atoms. The Morgan fingerprint density at radius 3 is 2.25 bits per heavy atom. The molecular formula is C37H48NPS. The van der Waals surface area contributed by atoms with Crippen molar-refractivity contribution in [2.24, 2.45) is 11.8 Å². The zero-order chi connectivity index (χ0) is 27.2. The van der Waals surface area contributed by atoms with E-state index in [2.05, 4.69) is 89.7 Å². The molecular weight excluding hydrogens is 521 g/mol. The van der Waals surface area contributed by atoms with Gasteiger partial charge in [0.25, 0.3) is 0 Å². The Morgan fingerprint density at radius 2 is 1.40 bits per heavy atom. The van der Waals surface area contributed by atoms with Crippen molar-refractivity contribution in [1.82, 2.24) is 0 Å². The lowest BCUT2D eigenvalue weighted by Gasteiger charge is -2.48. The highest BCUT2D eigenvalue weighted by Crippen LogP contribution is 2.71. The van der Waals surface area contributed by atoms with Crippen LogP contribution >= 0.6 is 6.19 Å². The minimum absolute atomic E-state index is 0.530. The van der Waals surface area contributed by atoms with Crippen molar-refractivity contribution >= 4 is 29.3 Å². The molecule has 0 amide bonds. The lowest BCUT2D eigenvalue weighted by atomic mass is 9.76. The lowest BCUT2D eigenvalue weighted by molar-refractivity contribution is 0.234. The predicted octanol–water partition coefficient (Wildman–Crippen LogP) is 11.3. The fraction of sp³-hybridized carbons (Fsp3) is 0.514. The van der Waals surface area contributed by atoms with Crippen LogP contribution in [-0.2, 0) is 11.8 Å². The second kappa shape index (κ2) is 13.4. The summed E-state index contributed by atoms with van der Waals surface area (Å²) in [5.74, 6) is 1.58. The van der Waals surface area contributed by atoms with Crippen LogP contribution in [0, 0.1) is 11.8 Å². The summed E-state index contributed by atoms with van der Waals surface area (Å²) in [5.41, 5.74) is 4.56. The molecule has 212 valence electrons. The summed E-state index contributed by atoms with van der Waals surface area (Å²) in [5, 5.41) is 1.45. The van der Waals surface area contributed by atoms with Crippen LogP contribution in [0.2, 0.25) is 0 Å². The second-order valence-electron chi connectivity index (χ2n) is 12.8. The summed E-state index contributed by atoms with van der Waals surface area (Å²) in [6.07, 6.45) is 32.4. The number of allylic oxidation sites excluding steroid dienone is 8. The quantitative estimate of drug-likeness (QED) is 0.286. The van der Waals surface area contributed by atoms with Gasteiger partial charge >= 0.3 is 0 Å². The molecule has 3 aliphatic carbocycles. The minimum Gasteiger partial charge on any atom is -0.337 e. The zero-order valence-electron chi connectivity index (χ0n) is 24.3. The van der Waals surface area contributed by atoms with Crippen LogP contribution in [0.15, 0.2) is 90.3 Å². The highest BCUT2D eigenvalue weighted by Gasteiger charge is 2.49. The van der Waals surface area contributed by atoms with Gasteiger partial charge in [-0.3, -0.25) is 0 Å². The Hall–Kier alpha value is -1.89. The van der Waals surface area contributed by atoms with Gasteiger partial charge in [-0.15, -0.1) is 0 Å². The van der Waals surface area contributed by atoms with E-state index in [0.717, 1.165) is 11.8 Å². The molecule has 3 fully saturated rings. The van der Waals surface area contributed by atoms with Crippen molar-refractivity contribution in [1.29, 1.82) is 0 Å². The van der Waals surface area contributed by atoms with Crippen molar-refractivity contribution in [2.45, 2.75) is 108 Å². The van der Waals surface area contributed by atoms with Crippen LogP contribution in [0.3, 0.4) is 0 Å². The van der Waals surface area contributed by atoms with Crippen LogP contribution in [0.25, 0.3) is 5.57 Å². The molecule has 1 aromatic rings. The molecule has 2 heterocycles. The third-order valence-electron chi connectivity index (χ3n) is 10.3. The molecule has 0 spiro atoms. The Labute approximate surface area is 248 Å². The van der Waals surface area contributed by atoms with Gasteiger partial charge in [0, 0.05) is 22.7 Å². The first-order valence-corrected chi connectivity index (χ1v) is 19.2. The maximum atomic E-state index is 7.37. The summed E-state index contributed by atoms with van der Waals surface area (Å²) >= 11 is 7.37. The molecule has 0 radical (unpaired) electrons. The maximum Gasteiger partial charge on any atom is 0.0682 e. The first-order chi connectivity index (χ1) is 19.7. The van der Waals surface area contributed by atoms with E-state index in [0.29, 0.717) is 11.7 Å². The van der Waals surface area contributed by atoms with E-state index < -0.39 is 6.19 Å². The van der Waals surface area contributed by atoms with E-state index in [9.17, 15) is 0 Å². The highest BCUT2D eigenvalue weighted by atomic mass is 32.4. The molecule has 1 saturated heterocycles. The summed E-state index contributed by atoms with van der Waals surface area (Å²) in [4.78, 5) is 0. The number of hydrogen-bond donors (Lipinski definition) is 0. The van der Waals surface area contributed by atoms with E-state index in [1.807, 2.05) is 0 Å². The number of nitrogens with zero attached hydrogens (tertiary/aromatic N) is 1. The molecule has 5 aliphatic rings. The third kappa shape index (κ3) is 6.00. The normalized spacial score (nSPS) is 36.5. The van der Waals surface area contributed by atoms with E-state index in [1.165, 1.54) is 118 Å². The fourth-order valence-electron chi connectivity index (χ4n) is 8.36. The molecule has 1 nitrogen and oxygen atoms in total. The maximum absolute atomic E-state index is 7.37. The molecule has 1 aromatic carbocycles. The van der Waals surface area contributed by atoms with E-state index in [1.54, 1.807) is 0 Å². The molecule has 2 aliphatic heterocycles. The standard InChI is InChI=1S/C37H48NPS/c40-39-35-24-16-10-13-20-31(29-35)30-19-11-5-3-7-15-22-33(27-30)38(39)34-23-14-6-2-1-4-12-21-32(28-34)36-25-17-8-9-18-26-37(36)39/h3,5,7,10-11,13,15-16,19-20,22,24,27,29,32,34,36-37H,1-2,4,6,8-9,12,14,17-18,21,23,25-26,28H2/b5-3?,7-3?,11-5?,13-10+,15-7?,16-10?,19-11?,20-13?,22-15?,24-16-,30-19?,30-27?,31-20+,31-29?,33-22?,33-27?,35-24?,35-29-. The lowest BCUT2D eigenvalue weighted by Crippen LogP contribution is -2.35. The average molecular weight is 570 g/mol. The van der Waals surface area contributed by atoms with Crippen molar-refractivity contribution < 1.29 is 0 Å². The number of hydrogen-bond acceptors (Lipinski definition) is 1. The van der Waals surface area contributed by atoms with Gasteiger partial charge < -0.3 is 4.67 Å². The highest BCUT2D eigenvalue weighted by molar-refractivity contribution is 8.17. The summed E-state index contributed by atoms with van der Waals surface area (Å²) in [6.45, 7) is 0. The molecule has 5 atom stereocenters. The summed E-state index contributed by atoms with van der Waals surface area (Å²) < 4.78 is 2.93. The number of fused-ring (bicyclic) bond motifs is 13. The summed E-state index contributed by atoms with van der Waals surface area (Å²) in [7, 11) is 0. The monoisotopic (exact) mass is 569 g/mol. The minimum atomic E-state index is -2.15. The SMILES string of the molecule is S=P12C3=C\C(=C/C=C/C=C\3)c3cccccccc(c3)N1C1CCCCCCCCC(C1)C1CCCCCCC12. The Kier molecular flexibility index (Phi) is 9.45. The fourth-order valence-corrected chi connectivity index (χ4v) is 14.4. The van der Waals surface area contributed by atoms with Crippen molar-refractivity contribution in [2.75, 3.05) is 4.67 Å². The van der Waals surface area contributed by atoms with Crippen LogP contribution < -0.4 is 4.67 Å². The molecule has 5 unspecified atom stereocenters. The third-order valence-corrected chi connectivity index (χ3v) is 16.0. The van der Waals surface area contributed by atoms with Gasteiger partial charge in [-0.2, -0.15) is 0 Å². The second-order valence-corrected chi connectivity index (χ2v) is 17.3. The van der Waals surface area contributed by atoms with Crippen LogP contribution in [0.1, 0.15) is 102 Å². The van der Waals surface area contributed by atoms with Gasteiger partial charge in [0.2, 0.25) is 0 Å². The predicted molar refractivity (Wildman–Crippen MR) is 179 cm³/mol. The van der Waals surface area contributed by atoms with E-state index in [4.69, 9.17) is 11.8 Å². The average Bonchev–Trinajstić information content (AvgIpc) is 3.03. The van der Waals surface area contributed by atoms with Crippen LogP contribution in [0.5, 0.6) is 0 Å².